The largest absolute Gasteiger partial charge is 0.389 e. The maximum absolute atomic E-state index is 12.5. The van der Waals surface area contributed by atoms with Crippen LogP contribution < -0.4 is 0 Å². The van der Waals surface area contributed by atoms with E-state index in [1.165, 1.54) is 12.7 Å². The summed E-state index contributed by atoms with van der Waals surface area (Å²) in [5, 5.41) is 9.12. The van der Waals surface area contributed by atoms with Gasteiger partial charge in [0.05, 0.1) is 12.0 Å². The van der Waals surface area contributed by atoms with Crippen molar-refractivity contribution in [1.82, 2.24) is 0 Å². The first-order chi connectivity index (χ1) is 12.5. The second-order valence-corrected chi connectivity index (χ2v) is 6.43. The second kappa shape index (κ2) is 9.41. The summed E-state index contributed by atoms with van der Waals surface area (Å²) >= 11 is 0. The number of rotatable bonds is 9. The molecule has 2 rings (SSSR count). The molecule has 0 unspecified atom stereocenters. The normalized spacial score (nSPS) is 13.2. The van der Waals surface area contributed by atoms with Gasteiger partial charge in [-0.05, 0) is 30.0 Å². The first kappa shape index (κ1) is 20.0. The van der Waals surface area contributed by atoms with Crippen molar-refractivity contribution < 1.29 is 19.4 Å². The Balaban J connectivity index is 2.13. The highest BCUT2D eigenvalue weighted by Crippen LogP contribution is 2.22. The lowest BCUT2D eigenvalue weighted by molar-refractivity contribution is -0.129. The van der Waals surface area contributed by atoms with Crippen LogP contribution in [0.4, 0.5) is 0 Å². The Bertz CT molecular complexity index is 732. The molecule has 0 saturated carbocycles. The zero-order chi connectivity index (χ0) is 19.1. The van der Waals surface area contributed by atoms with E-state index in [-0.39, 0.29) is 18.0 Å². The van der Waals surface area contributed by atoms with Crippen LogP contribution in [0.15, 0.2) is 48.5 Å². The van der Waals surface area contributed by atoms with Crippen LogP contribution in [-0.2, 0) is 16.0 Å². The molecule has 0 fully saturated rings. The van der Waals surface area contributed by atoms with E-state index in [4.69, 9.17) is 9.84 Å². The lowest BCUT2D eigenvalue weighted by Crippen LogP contribution is -2.31. The van der Waals surface area contributed by atoms with E-state index in [0.29, 0.717) is 5.56 Å². The first-order valence-electron chi connectivity index (χ1n) is 8.89. The molecule has 0 saturated heterocycles. The fourth-order valence-electron chi connectivity index (χ4n) is 2.92. The third kappa shape index (κ3) is 4.87. The van der Waals surface area contributed by atoms with Gasteiger partial charge >= 0.3 is 0 Å². The Morgan fingerprint density at radius 2 is 1.54 bits per heavy atom. The average Bonchev–Trinajstić information content (AvgIpc) is 2.70. The molecule has 0 aliphatic carbocycles. The van der Waals surface area contributed by atoms with E-state index in [0.717, 1.165) is 17.5 Å². The Hall–Kier alpha value is -2.30. The van der Waals surface area contributed by atoms with Gasteiger partial charge in [0.2, 0.25) is 0 Å². The number of hydrogen-bond donors (Lipinski definition) is 1. The SMILES string of the molecule is CCc1ccc(-c2ccc(C(=O)C[C@H](C(=O)CO)[C@@H](C)OC)cc2)cc1. The molecule has 0 amide bonds. The number of aryl methyl sites for hydroxylation is 1. The molecule has 4 heteroatoms. The van der Waals surface area contributed by atoms with Crippen LogP contribution in [0.3, 0.4) is 0 Å². The molecule has 0 aliphatic heterocycles. The minimum atomic E-state index is -0.640. The van der Waals surface area contributed by atoms with Crippen molar-refractivity contribution in [3.63, 3.8) is 0 Å². The highest BCUT2D eigenvalue weighted by molar-refractivity contribution is 5.99. The van der Waals surface area contributed by atoms with Crippen LogP contribution in [0, 0.1) is 5.92 Å². The van der Waals surface area contributed by atoms with Crippen LogP contribution in [0.2, 0.25) is 0 Å². The molecule has 1 N–H and O–H groups in total. The predicted molar refractivity (Wildman–Crippen MR) is 102 cm³/mol. The minimum absolute atomic E-state index is 0.0267. The zero-order valence-electron chi connectivity index (χ0n) is 15.6. The lowest BCUT2D eigenvalue weighted by Gasteiger charge is -2.20. The van der Waals surface area contributed by atoms with Crippen molar-refractivity contribution >= 4 is 11.6 Å². The summed E-state index contributed by atoms with van der Waals surface area (Å²) in [5.74, 6) is -1.15. The van der Waals surface area contributed by atoms with Gasteiger partial charge in [-0.25, -0.2) is 0 Å². The number of ketones is 2. The van der Waals surface area contributed by atoms with E-state index in [1.54, 1.807) is 19.1 Å². The van der Waals surface area contributed by atoms with Gasteiger partial charge < -0.3 is 9.84 Å². The molecule has 0 aromatic heterocycles. The number of methoxy groups -OCH3 is 1. The van der Waals surface area contributed by atoms with E-state index in [9.17, 15) is 9.59 Å². The predicted octanol–water partition coefficient (Wildman–Crippen LogP) is 3.70. The van der Waals surface area contributed by atoms with Crippen molar-refractivity contribution in [3.8, 4) is 11.1 Å². The quantitative estimate of drug-likeness (QED) is 0.698. The number of ether oxygens (including phenoxy) is 1. The third-order valence-corrected chi connectivity index (χ3v) is 4.82. The van der Waals surface area contributed by atoms with Gasteiger partial charge in [-0.1, -0.05) is 55.5 Å². The van der Waals surface area contributed by atoms with Gasteiger partial charge in [0, 0.05) is 19.1 Å². The Labute approximate surface area is 154 Å². The molecule has 2 aromatic carbocycles. The molecule has 0 heterocycles. The second-order valence-electron chi connectivity index (χ2n) is 6.43. The Morgan fingerprint density at radius 1 is 1.00 bits per heavy atom. The fraction of sp³-hybridized carbons (Fsp3) is 0.364. The maximum Gasteiger partial charge on any atom is 0.164 e. The van der Waals surface area contributed by atoms with Gasteiger partial charge in [0.25, 0.3) is 0 Å². The summed E-state index contributed by atoms with van der Waals surface area (Å²) in [5.41, 5.74) is 3.98. The summed E-state index contributed by atoms with van der Waals surface area (Å²) in [7, 11) is 1.49. The van der Waals surface area contributed by atoms with E-state index < -0.39 is 18.6 Å². The smallest absolute Gasteiger partial charge is 0.164 e. The highest BCUT2D eigenvalue weighted by Gasteiger charge is 2.27. The average molecular weight is 354 g/mol. The number of Topliss-reactive ketones (excluding diaryl/α,β-unsaturated/α-hetero) is 2. The number of aliphatic hydroxyl groups excluding tert-OH is 1. The summed E-state index contributed by atoms with van der Waals surface area (Å²) in [6, 6.07) is 15.7. The van der Waals surface area contributed by atoms with Crippen LogP contribution in [0.25, 0.3) is 11.1 Å². The molecule has 2 atom stereocenters. The molecular formula is C22H26O4. The molecule has 4 nitrogen and oxygen atoms in total. The van der Waals surface area contributed by atoms with Crippen molar-refractivity contribution in [3.05, 3.63) is 59.7 Å². The van der Waals surface area contributed by atoms with Crippen LogP contribution in [0.1, 0.15) is 36.2 Å². The van der Waals surface area contributed by atoms with Gasteiger partial charge in [0.15, 0.2) is 11.6 Å². The fourth-order valence-corrected chi connectivity index (χ4v) is 2.92. The van der Waals surface area contributed by atoms with Crippen molar-refractivity contribution in [2.45, 2.75) is 32.8 Å². The molecule has 138 valence electrons. The molecular weight excluding hydrogens is 328 g/mol. The molecule has 2 aromatic rings. The minimum Gasteiger partial charge on any atom is -0.389 e. The van der Waals surface area contributed by atoms with Gasteiger partial charge in [-0.2, -0.15) is 0 Å². The number of carbonyl (C=O) groups excluding carboxylic acids is 2. The topological polar surface area (TPSA) is 63.6 Å². The van der Waals surface area contributed by atoms with E-state index in [1.807, 2.05) is 12.1 Å². The Kier molecular flexibility index (Phi) is 7.25. The number of hydrogen-bond acceptors (Lipinski definition) is 4. The summed E-state index contributed by atoms with van der Waals surface area (Å²) < 4.78 is 5.18. The zero-order valence-corrected chi connectivity index (χ0v) is 15.6. The standard InChI is InChI=1S/C22H26O4/c1-4-16-5-7-17(8-6-16)18-9-11-19(12-10-18)21(24)13-20(15(2)26-3)22(25)14-23/h5-12,15,20,23H,4,13-14H2,1-3H3/t15-,20+/m1/s1. The highest BCUT2D eigenvalue weighted by atomic mass is 16.5. The summed E-state index contributed by atoms with van der Waals surface area (Å²) in [6.45, 7) is 3.27. The first-order valence-corrected chi connectivity index (χ1v) is 8.89. The molecule has 0 spiro atoms. The number of benzene rings is 2. The van der Waals surface area contributed by atoms with Gasteiger partial charge in [-0.3, -0.25) is 9.59 Å². The summed E-state index contributed by atoms with van der Waals surface area (Å²) in [6.07, 6.45) is 0.607. The van der Waals surface area contributed by atoms with Gasteiger partial charge in [0.1, 0.15) is 6.61 Å². The van der Waals surface area contributed by atoms with Gasteiger partial charge in [-0.15, -0.1) is 0 Å². The van der Waals surface area contributed by atoms with Crippen LogP contribution in [-0.4, -0.2) is 36.5 Å². The van der Waals surface area contributed by atoms with Crippen molar-refractivity contribution in [2.24, 2.45) is 5.92 Å². The van der Waals surface area contributed by atoms with E-state index >= 15 is 0 Å². The molecule has 26 heavy (non-hydrogen) atoms. The van der Waals surface area contributed by atoms with Crippen LogP contribution >= 0.6 is 0 Å². The number of aliphatic hydroxyl groups is 1. The Morgan fingerprint density at radius 3 is 2.00 bits per heavy atom. The maximum atomic E-state index is 12.5. The summed E-state index contributed by atoms with van der Waals surface area (Å²) in [4.78, 5) is 24.4. The lowest BCUT2D eigenvalue weighted by atomic mass is 9.90. The number of carbonyl (C=O) groups is 2. The molecule has 0 radical (unpaired) electrons. The monoisotopic (exact) mass is 354 g/mol. The van der Waals surface area contributed by atoms with Crippen molar-refractivity contribution in [1.29, 1.82) is 0 Å². The van der Waals surface area contributed by atoms with Crippen LogP contribution in [0.5, 0.6) is 0 Å². The third-order valence-electron chi connectivity index (χ3n) is 4.82. The van der Waals surface area contributed by atoms with E-state index in [2.05, 4.69) is 31.2 Å². The molecule has 0 aliphatic rings. The molecule has 0 bridgehead atoms. The van der Waals surface area contributed by atoms with Crippen molar-refractivity contribution in [2.75, 3.05) is 13.7 Å².